The quantitative estimate of drug-likeness (QED) is 0.894. The van der Waals surface area contributed by atoms with Crippen molar-refractivity contribution in [2.45, 2.75) is 19.3 Å². The first kappa shape index (κ1) is 11.9. The van der Waals surface area contributed by atoms with E-state index in [4.69, 9.17) is 9.47 Å². The van der Waals surface area contributed by atoms with Gasteiger partial charge in [-0.1, -0.05) is 44.2 Å². The molecule has 0 spiro atoms. The van der Waals surface area contributed by atoms with Crippen LogP contribution in [0.4, 0.5) is 0 Å². The van der Waals surface area contributed by atoms with E-state index < -0.39 is 0 Å². The van der Waals surface area contributed by atoms with Crippen LogP contribution in [0, 0.1) is 0 Å². The van der Waals surface area contributed by atoms with Gasteiger partial charge in [-0.05, 0) is 11.6 Å². The molecule has 0 aromatic heterocycles. The van der Waals surface area contributed by atoms with Gasteiger partial charge in [0, 0.05) is 17.0 Å². The minimum Gasteiger partial charge on any atom is -0.507 e. The van der Waals surface area contributed by atoms with Gasteiger partial charge in [-0.15, -0.1) is 0 Å². The van der Waals surface area contributed by atoms with E-state index in [-0.39, 0.29) is 18.0 Å². The molecular formula is C16H16O3. The molecule has 0 fully saturated rings. The summed E-state index contributed by atoms with van der Waals surface area (Å²) in [6.07, 6.45) is 0. The summed E-state index contributed by atoms with van der Waals surface area (Å²) < 4.78 is 10.7. The molecule has 3 rings (SSSR count). The third-order valence-corrected chi connectivity index (χ3v) is 3.66. The molecule has 0 aliphatic carbocycles. The molecule has 1 N–H and O–H groups in total. The highest BCUT2D eigenvalue weighted by atomic mass is 16.7. The summed E-state index contributed by atoms with van der Waals surface area (Å²) in [4.78, 5) is 0. The number of fused-ring (bicyclic) bond motifs is 1. The van der Waals surface area contributed by atoms with Crippen molar-refractivity contribution in [3.63, 3.8) is 0 Å². The van der Waals surface area contributed by atoms with Crippen molar-refractivity contribution in [2.75, 3.05) is 6.79 Å². The van der Waals surface area contributed by atoms with Gasteiger partial charge in [0.2, 0.25) is 6.79 Å². The second kappa shape index (κ2) is 4.19. The van der Waals surface area contributed by atoms with E-state index in [2.05, 4.69) is 26.0 Å². The minimum absolute atomic E-state index is 0.212. The highest BCUT2D eigenvalue weighted by molar-refractivity contribution is 5.55. The molecule has 0 bridgehead atoms. The number of phenols is 1. The zero-order valence-electron chi connectivity index (χ0n) is 11.0. The summed E-state index contributed by atoms with van der Waals surface area (Å²) in [5.41, 5.74) is 1.68. The van der Waals surface area contributed by atoms with Crippen LogP contribution in [0.1, 0.15) is 25.0 Å². The fourth-order valence-electron chi connectivity index (χ4n) is 2.44. The van der Waals surface area contributed by atoms with Gasteiger partial charge in [0.1, 0.15) is 5.75 Å². The molecule has 98 valence electrons. The normalized spacial score (nSPS) is 13.6. The Morgan fingerprint density at radius 2 is 1.63 bits per heavy atom. The standard InChI is InChI=1S/C16H16O3/c1-16(2,11-6-4-3-5-7-11)12-8-14-15(9-13(12)17)19-10-18-14/h3-9,17H,10H2,1-2H3. The van der Waals surface area contributed by atoms with Crippen LogP contribution in [0.2, 0.25) is 0 Å². The van der Waals surface area contributed by atoms with E-state index in [1.165, 1.54) is 0 Å². The fourth-order valence-corrected chi connectivity index (χ4v) is 2.44. The molecule has 0 unspecified atom stereocenters. The summed E-state index contributed by atoms with van der Waals surface area (Å²) >= 11 is 0. The van der Waals surface area contributed by atoms with Gasteiger partial charge in [0.05, 0.1) is 0 Å². The summed E-state index contributed by atoms with van der Waals surface area (Å²) in [6, 6.07) is 13.6. The molecule has 0 saturated carbocycles. The van der Waals surface area contributed by atoms with Gasteiger partial charge in [-0.2, -0.15) is 0 Å². The Hall–Kier alpha value is -2.16. The van der Waals surface area contributed by atoms with Crippen molar-refractivity contribution in [3.8, 4) is 17.2 Å². The van der Waals surface area contributed by atoms with Gasteiger partial charge in [-0.3, -0.25) is 0 Å². The molecular weight excluding hydrogens is 240 g/mol. The van der Waals surface area contributed by atoms with Crippen LogP contribution in [0.3, 0.4) is 0 Å². The van der Waals surface area contributed by atoms with Crippen molar-refractivity contribution in [1.82, 2.24) is 0 Å². The van der Waals surface area contributed by atoms with E-state index in [1.807, 2.05) is 24.3 Å². The summed E-state index contributed by atoms with van der Waals surface area (Å²) in [5.74, 6) is 1.53. The zero-order valence-corrected chi connectivity index (χ0v) is 11.0. The third-order valence-electron chi connectivity index (χ3n) is 3.66. The summed E-state index contributed by atoms with van der Waals surface area (Å²) in [6.45, 7) is 4.38. The molecule has 19 heavy (non-hydrogen) atoms. The van der Waals surface area contributed by atoms with Crippen molar-refractivity contribution < 1.29 is 14.6 Å². The van der Waals surface area contributed by atoms with Gasteiger partial charge in [-0.25, -0.2) is 0 Å². The van der Waals surface area contributed by atoms with Crippen LogP contribution < -0.4 is 9.47 Å². The van der Waals surface area contributed by atoms with Crippen LogP contribution in [-0.2, 0) is 5.41 Å². The lowest BCUT2D eigenvalue weighted by molar-refractivity contribution is 0.174. The van der Waals surface area contributed by atoms with E-state index >= 15 is 0 Å². The Bertz CT molecular complexity index is 603. The Kier molecular flexibility index (Phi) is 2.63. The average molecular weight is 256 g/mol. The summed E-state index contributed by atoms with van der Waals surface area (Å²) in [7, 11) is 0. The lowest BCUT2D eigenvalue weighted by Crippen LogP contribution is -2.18. The lowest BCUT2D eigenvalue weighted by atomic mass is 9.77. The zero-order chi connectivity index (χ0) is 13.5. The van der Waals surface area contributed by atoms with Crippen LogP contribution >= 0.6 is 0 Å². The van der Waals surface area contributed by atoms with Crippen molar-refractivity contribution >= 4 is 0 Å². The third kappa shape index (κ3) is 1.91. The Morgan fingerprint density at radius 3 is 2.32 bits per heavy atom. The molecule has 2 aromatic carbocycles. The molecule has 0 atom stereocenters. The number of hydrogen-bond donors (Lipinski definition) is 1. The molecule has 1 aliphatic rings. The van der Waals surface area contributed by atoms with Crippen LogP contribution in [0.15, 0.2) is 42.5 Å². The number of benzene rings is 2. The van der Waals surface area contributed by atoms with Gasteiger partial charge >= 0.3 is 0 Å². The number of aromatic hydroxyl groups is 1. The predicted molar refractivity (Wildman–Crippen MR) is 72.8 cm³/mol. The number of ether oxygens (including phenoxy) is 2. The summed E-state index contributed by atoms with van der Waals surface area (Å²) in [5, 5.41) is 10.2. The molecule has 0 radical (unpaired) electrons. The average Bonchev–Trinajstić information content (AvgIpc) is 2.85. The smallest absolute Gasteiger partial charge is 0.231 e. The first-order valence-corrected chi connectivity index (χ1v) is 6.27. The van der Waals surface area contributed by atoms with Crippen LogP contribution in [0.25, 0.3) is 0 Å². The molecule has 3 nitrogen and oxygen atoms in total. The Morgan fingerprint density at radius 1 is 1.00 bits per heavy atom. The molecule has 1 aliphatic heterocycles. The maximum absolute atomic E-state index is 10.2. The second-order valence-electron chi connectivity index (χ2n) is 5.21. The van der Waals surface area contributed by atoms with Crippen LogP contribution in [0.5, 0.6) is 17.2 Å². The van der Waals surface area contributed by atoms with E-state index in [0.29, 0.717) is 11.5 Å². The van der Waals surface area contributed by atoms with Crippen molar-refractivity contribution in [3.05, 3.63) is 53.6 Å². The number of rotatable bonds is 2. The van der Waals surface area contributed by atoms with Crippen molar-refractivity contribution in [1.29, 1.82) is 0 Å². The van der Waals surface area contributed by atoms with Crippen molar-refractivity contribution in [2.24, 2.45) is 0 Å². The largest absolute Gasteiger partial charge is 0.507 e. The molecule has 0 saturated heterocycles. The number of hydrogen-bond acceptors (Lipinski definition) is 3. The van der Waals surface area contributed by atoms with E-state index in [0.717, 1.165) is 11.1 Å². The van der Waals surface area contributed by atoms with E-state index in [1.54, 1.807) is 6.07 Å². The molecule has 0 amide bonds. The first-order valence-electron chi connectivity index (χ1n) is 6.27. The maximum Gasteiger partial charge on any atom is 0.231 e. The van der Waals surface area contributed by atoms with Crippen LogP contribution in [-0.4, -0.2) is 11.9 Å². The Balaban J connectivity index is 2.11. The van der Waals surface area contributed by atoms with E-state index in [9.17, 15) is 5.11 Å². The monoisotopic (exact) mass is 256 g/mol. The van der Waals surface area contributed by atoms with Gasteiger partial charge in [0.25, 0.3) is 0 Å². The van der Waals surface area contributed by atoms with Gasteiger partial charge in [0.15, 0.2) is 11.5 Å². The first-order chi connectivity index (χ1) is 9.09. The molecule has 3 heteroatoms. The molecule has 2 aromatic rings. The SMILES string of the molecule is CC(C)(c1ccccc1)c1cc2c(cc1O)OCO2. The fraction of sp³-hybridized carbons (Fsp3) is 0.250. The van der Waals surface area contributed by atoms with Gasteiger partial charge < -0.3 is 14.6 Å². The Labute approximate surface area is 112 Å². The topological polar surface area (TPSA) is 38.7 Å². The highest BCUT2D eigenvalue weighted by Gasteiger charge is 2.29. The lowest BCUT2D eigenvalue weighted by Gasteiger charge is -2.27. The second-order valence-corrected chi connectivity index (χ2v) is 5.21. The highest BCUT2D eigenvalue weighted by Crippen LogP contribution is 2.44. The maximum atomic E-state index is 10.2. The number of phenolic OH excluding ortho intramolecular Hbond substituents is 1. The molecule has 1 heterocycles. The predicted octanol–water partition coefficient (Wildman–Crippen LogP) is 3.45. The minimum atomic E-state index is -0.299.